The van der Waals surface area contributed by atoms with E-state index in [-0.39, 0.29) is 9.99 Å². The SMILES string of the molecule is CCCCCCC(=O)c1csc(S(N)(=O)=O)c1. The number of carbonyl (C=O) groups is 1. The van der Waals surface area contributed by atoms with Crippen molar-refractivity contribution >= 4 is 27.1 Å². The van der Waals surface area contributed by atoms with Gasteiger partial charge in [0.2, 0.25) is 10.0 Å². The maximum atomic E-state index is 11.7. The molecule has 0 aliphatic carbocycles. The maximum absolute atomic E-state index is 11.7. The van der Waals surface area contributed by atoms with E-state index in [0.717, 1.165) is 37.0 Å². The quantitative estimate of drug-likeness (QED) is 0.613. The van der Waals surface area contributed by atoms with Crippen LogP contribution in [-0.4, -0.2) is 14.2 Å². The Hall–Kier alpha value is -0.720. The first-order valence-electron chi connectivity index (χ1n) is 5.59. The zero-order chi connectivity index (χ0) is 12.9. The van der Waals surface area contributed by atoms with Crippen molar-refractivity contribution in [2.75, 3.05) is 0 Å². The predicted molar refractivity (Wildman–Crippen MR) is 68.8 cm³/mol. The van der Waals surface area contributed by atoms with E-state index in [1.165, 1.54) is 6.07 Å². The summed E-state index contributed by atoms with van der Waals surface area (Å²) >= 11 is 0.995. The lowest BCUT2D eigenvalue weighted by molar-refractivity contribution is 0.0979. The zero-order valence-electron chi connectivity index (χ0n) is 9.81. The van der Waals surface area contributed by atoms with Gasteiger partial charge in [-0.3, -0.25) is 4.79 Å². The lowest BCUT2D eigenvalue weighted by atomic mass is 10.1. The minimum atomic E-state index is -3.68. The van der Waals surface area contributed by atoms with Crippen LogP contribution >= 0.6 is 11.3 Å². The van der Waals surface area contributed by atoms with Gasteiger partial charge in [0, 0.05) is 17.4 Å². The monoisotopic (exact) mass is 275 g/mol. The molecule has 0 unspecified atom stereocenters. The predicted octanol–water partition coefficient (Wildman–Crippen LogP) is 2.55. The van der Waals surface area contributed by atoms with E-state index < -0.39 is 10.0 Å². The van der Waals surface area contributed by atoms with Crippen LogP contribution in [0.3, 0.4) is 0 Å². The molecule has 0 amide bonds. The van der Waals surface area contributed by atoms with Crippen LogP contribution in [0.1, 0.15) is 49.4 Å². The van der Waals surface area contributed by atoms with Crippen LogP contribution in [0.2, 0.25) is 0 Å². The Kier molecular flexibility index (Phi) is 5.30. The topological polar surface area (TPSA) is 77.2 Å². The Balaban J connectivity index is 2.56. The van der Waals surface area contributed by atoms with Gasteiger partial charge in [-0.05, 0) is 12.5 Å². The number of hydrogen-bond donors (Lipinski definition) is 1. The molecule has 0 aliphatic heterocycles. The summed E-state index contributed by atoms with van der Waals surface area (Å²) in [6, 6.07) is 1.36. The molecule has 1 aromatic rings. The smallest absolute Gasteiger partial charge is 0.247 e. The van der Waals surface area contributed by atoms with Gasteiger partial charge < -0.3 is 0 Å². The van der Waals surface area contributed by atoms with Gasteiger partial charge in [0.15, 0.2) is 5.78 Å². The van der Waals surface area contributed by atoms with Crippen molar-refractivity contribution in [3.63, 3.8) is 0 Å². The minimum absolute atomic E-state index is 0.00717. The third-order valence-electron chi connectivity index (χ3n) is 2.44. The maximum Gasteiger partial charge on any atom is 0.247 e. The van der Waals surface area contributed by atoms with Gasteiger partial charge in [-0.15, -0.1) is 11.3 Å². The lowest BCUT2D eigenvalue weighted by Gasteiger charge is -1.97. The first-order chi connectivity index (χ1) is 7.95. The van der Waals surface area contributed by atoms with Crippen LogP contribution in [0, 0.1) is 0 Å². The molecule has 1 aromatic heterocycles. The Morgan fingerprint density at radius 1 is 1.35 bits per heavy atom. The summed E-state index contributed by atoms with van der Waals surface area (Å²) in [7, 11) is -3.68. The fourth-order valence-corrected chi connectivity index (χ4v) is 3.08. The molecule has 1 rings (SSSR count). The number of thiophene rings is 1. The standard InChI is InChI=1S/C11H17NO3S2/c1-2-3-4-5-6-10(13)9-7-11(16-8-9)17(12,14)15/h7-8H,2-6H2,1H3,(H2,12,14,15). The van der Waals surface area contributed by atoms with E-state index in [1.807, 2.05) is 0 Å². The summed E-state index contributed by atoms with van der Waals surface area (Å²) in [5, 5.41) is 6.54. The van der Waals surface area contributed by atoms with Gasteiger partial charge in [-0.25, -0.2) is 13.6 Å². The highest BCUT2D eigenvalue weighted by Crippen LogP contribution is 2.20. The molecule has 0 fully saturated rings. The highest BCUT2D eigenvalue weighted by Gasteiger charge is 2.14. The number of carbonyl (C=O) groups excluding carboxylic acids is 1. The van der Waals surface area contributed by atoms with Crippen LogP contribution in [0.4, 0.5) is 0 Å². The lowest BCUT2D eigenvalue weighted by Crippen LogP contribution is -2.10. The third-order valence-corrected chi connectivity index (χ3v) is 4.82. The molecule has 0 spiro atoms. The first kappa shape index (κ1) is 14.3. The molecule has 1 heterocycles. The Morgan fingerprint density at radius 2 is 2.06 bits per heavy atom. The molecule has 0 bridgehead atoms. The third kappa shape index (κ3) is 4.57. The number of hydrogen-bond acceptors (Lipinski definition) is 4. The summed E-state index contributed by atoms with van der Waals surface area (Å²) < 4.78 is 22.1. The summed E-state index contributed by atoms with van der Waals surface area (Å²) in [5.41, 5.74) is 0.454. The summed E-state index contributed by atoms with van der Waals surface area (Å²) in [5.74, 6) is -0.00717. The van der Waals surface area contributed by atoms with Gasteiger partial charge in [0.25, 0.3) is 0 Å². The first-order valence-corrected chi connectivity index (χ1v) is 8.02. The highest BCUT2D eigenvalue weighted by molar-refractivity contribution is 7.91. The molecule has 0 atom stereocenters. The summed E-state index contributed by atoms with van der Waals surface area (Å²) in [6.45, 7) is 2.11. The number of Topliss-reactive ketones (excluding diaryl/α,β-unsaturated/α-hetero) is 1. The van der Waals surface area contributed by atoms with Crippen molar-refractivity contribution in [1.82, 2.24) is 0 Å². The molecule has 2 N–H and O–H groups in total. The normalized spacial score (nSPS) is 11.6. The molecule has 0 radical (unpaired) electrons. The van der Waals surface area contributed by atoms with Gasteiger partial charge >= 0.3 is 0 Å². The van der Waals surface area contributed by atoms with Crippen LogP contribution in [0.5, 0.6) is 0 Å². The Morgan fingerprint density at radius 3 is 2.59 bits per heavy atom. The van der Waals surface area contributed by atoms with Crippen molar-refractivity contribution in [1.29, 1.82) is 0 Å². The number of primary sulfonamides is 1. The van der Waals surface area contributed by atoms with E-state index >= 15 is 0 Å². The van der Waals surface area contributed by atoms with Gasteiger partial charge in [0.1, 0.15) is 4.21 Å². The molecule has 4 nitrogen and oxygen atoms in total. The highest BCUT2D eigenvalue weighted by atomic mass is 32.2. The second-order valence-electron chi connectivity index (χ2n) is 3.93. The molecule has 0 aliphatic rings. The minimum Gasteiger partial charge on any atom is -0.294 e. The molecule has 96 valence electrons. The average molecular weight is 275 g/mol. The van der Waals surface area contributed by atoms with E-state index in [4.69, 9.17) is 5.14 Å². The van der Waals surface area contributed by atoms with Crippen LogP contribution in [0.25, 0.3) is 0 Å². The van der Waals surface area contributed by atoms with Crippen LogP contribution < -0.4 is 5.14 Å². The van der Waals surface area contributed by atoms with Gasteiger partial charge in [0.05, 0.1) is 0 Å². The fraction of sp³-hybridized carbons (Fsp3) is 0.545. The van der Waals surface area contributed by atoms with Crippen molar-refractivity contribution in [3.8, 4) is 0 Å². The molecule has 0 saturated carbocycles. The molecule has 0 aromatic carbocycles. The molecular formula is C11H17NO3S2. The molecule has 17 heavy (non-hydrogen) atoms. The Bertz CT molecular complexity index is 477. The zero-order valence-corrected chi connectivity index (χ0v) is 11.4. The van der Waals surface area contributed by atoms with Crippen LogP contribution in [0.15, 0.2) is 15.7 Å². The summed E-state index contributed by atoms with van der Waals surface area (Å²) in [6.07, 6.45) is 4.62. The van der Waals surface area contributed by atoms with Crippen molar-refractivity contribution in [3.05, 3.63) is 17.0 Å². The van der Waals surface area contributed by atoms with E-state index in [2.05, 4.69) is 6.92 Å². The molecular weight excluding hydrogens is 258 g/mol. The second kappa shape index (κ2) is 6.28. The fourth-order valence-electron chi connectivity index (χ4n) is 1.47. The average Bonchev–Trinajstić information content (AvgIpc) is 2.72. The van der Waals surface area contributed by atoms with Crippen molar-refractivity contribution in [2.24, 2.45) is 5.14 Å². The number of sulfonamides is 1. The number of unbranched alkanes of at least 4 members (excludes halogenated alkanes) is 3. The van der Waals surface area contributed by atoms with Crippen molar-refractivity contribution in [2.45, 2.75) is 43.2 Å². The largest absolute Gasteiger partial charge is 0.294 e. The summed E-state index contributed by atoms with van der Waals surface area (Å²) in [4.78, 5) is 11.7. The van der Waals surface area contributed by atoms with Gasteiger partial charge in [-0.1, -0.05) is 26.2 Å². The van der Waals surface area contributed by atoms with E-state index in [9.17, 15) is 13.2 Å². The molecule has 6 heteroatoms. The van der Waals surface area contributed by atoms with Gasteiger partial charge in [-0.2, -0.15) is 0 Å². The number of nitrogens with two attached hydrogens (primary N) is 1. The number of rotatable bonds is 7. The number of ketones is 1. The van der Waals surface area contributed by atoms with Crippen molar-refractivity contribution < 1.29 is 13.2 Å². The molecule has 0 saturated heterocycles. The van der Waals surface area contributed by atoms with E-state index in [1.54, 1.807) is 5.38 Å². The van der Waals surface area contributed by atoms with Crippen LogP contribution in [-0.2, 0) is 10.0 Å². The van der Waals surface area contributed by atoms with E-state index in [0.29, 0.717) is 12.0 Å². The second-order valence-corrected chi connectivity index (χ2v) is 6.63. The Labute approximate surface area is 106 Å².